The average molecular weight is 208 g/mol. The van der Waals surface area contributed by atoms with Gasteiger partial charge in [-0.1, -0.05) is 19.9 Å². The highest BCUT2D eigenvalue weighted by atomic mass is 19.1. The summed E-state index contributed by atoms with van der Waals surface area (Å²) in [5, 5.41) is 0. The molecule has 0 aliphatic carbocycles. The minimum atomic E-state index is -0.316. The third-order valence-corrected chi connectivity index (χ3v) is 2.73. The van der Waals surface area contributed by atoms with Gasteiger partial charge < -0.3 is 4.74 Å². The highest BCUT2D eigenvalue weighted by molar-refractivity contribution is 5.74. The van der Waals surface area contributed by atoms with Crippen LogP contribution in [-0.2, 0) is 21.4 Å². The van der Waals surface area contributed by atoms with Gasteiger partial charge in [0.2, 0.25) is 0 Å². The van der Waals surface area contributed by atoms with Crippen LogP contribution in [0.3, 0.4) is 0 Å². The molecule has 3 heteroatoms. The van der Waals surface area contributed by atoms with Crippen LogP contribution in [0.5, 0.6) is 0 Å². The van der Waals surface area contributed by atoms with Crippen molar-refractivity contribution < 1.29 is 13.9 Å². The summed E-state index contributed by atoms with van der Waals surface area (Å²) in [6.45, 7) is 4.20. The fourth-order valence-electron chi connectivity index (χ4n) is 1.88. The van der Waals surface area contributed by atoms with E-state index in [4.69, 9.17) is 4.74 Å². The summed E-state index contributed by atoms with van der Waals surface area (Å²) < 4.78 is 18.2. The van der Waals surface area contributed by atoms with Crippen molar-refractivity contribution in [2.45, 2.75) is 25.7 Å². The number of ether oxygens (including phenoxy) is 1. The summed E-state index contributed by atoms with van der Waals surface area (Å²) in [5.74, 6) is -0.510. The van der Waals surface area contributed by atoms with E-state index in [1.807, 2.05) is 13.8 Å². The zero-order valence-corrected chi connectivity index (χ0v) is 8.84. The number of esters is 1. The maximum absolute atomic E-state index is 13.1. The second-order valence-corrected chi connectivity index (χ2v) is 4.52. The van der Waals surface area contributed by atoms with Crippen LogP contribution in [0.25, 0.3) is 0 Å². The van der Waals surface area contributed by atoms with Crippen LogP contribution in [0, 0.1) is 5.82 Å². The third kappa shape index (κ3) is 1.87. The monoisotopic (exact) mass is 208 g/mol. The van der Waals surface area contributed by atoms with Crippen LogP contribution >= 0.6 is 0 Å². The summed E-state index contributed by atoms with van der Waals surface area (Å²) in [4.78, 5) is 11.3. The fraction of sp³-hybridized carbons (Fsp3) is 0.417. The van der Waals surface area contributed by atoms with Crippen molar-refractivity contribution in [1.29, 1.82) is 0 Å². The van der Waals surface area contributed by atoms with Crippen molar-refractivity contribution in [1.82, 2.24) is 0 Å². The van der Waals surface area contributed by atoms with Gasteiger partial charge in [0.1, 0.15) is 12.4 Å². The van der Waals surface area contributed by atoms with Gasteiger partial charge in [-0.15, -0.1) is 0 Å². The molecule has 0 spiro atoms. The lowest BCUT2D eigenvalue weighted by Gasteiger charge is -2.23. The molecule has 1 aliphatic rings. The number of carbonyl (C=O) groups excluding carboxylic acids is 1. The summed E-state index contributed by atoms with van der Waals surface area (Å²) >= 11 is 0. The van der Waals surface area contributed by atoms with Crippen molar-refractivity contribution in [2.24, 2.45) is 0 Å². The lowest BCUT2D eigenvalue weighted by atomic mass is 9.82. The highest BCUT2D eigenvalue weighted by Gasteiger charge is 2.29. The number of carbonyl (C=O) groups is 1. The summed E-state index contributed by atoms with van der Waals surface area (Å²) in [6.07, 6.45) is 0.235. The van der Waals surface area contributed by atoms with Crippen LogP contribution in [0.15, 0.2) is 18.2 Å². The van der Waals surface area contributed by atoms with Crippen molar-refractivity contribution in [3.05, 3.63) is 35.1 Å². The smallest absolute Gasteiger partial charge is 0.310 e. The predicted molar refractivity (Wildman–Crippen MR) is 54.1 cm³/mol. The van der Waals surface area contributed by atoms with Crippen molar-refractivity contribution in [3.63, 3.8) is 0 Å². The fourth-order valence-corrected chi connectivity index (χ4v) is 1.88. The number of hydrogen-bond donors (Lipinski definition) is 0. The van der Waals surface area contributed by atoms with Gasteiger partial charge in [0.25, 0.3) is 0 Å². The number of hydrogen-bond acceptors (Lipinski definition) is 2. The molecule has 0 amide bonds. The molecule has 80 valence electrons. The molecular weight excluding hydrogens is 195 g/mol. The number of cyclic esters (lactones) is 1. The van der Waals surface area contributed by atoms with Gasteiger partial charge in [0.05, 0.1) is 6.42 Å². The quantitative estimate of drug-likeness (QED) is 0.611. The first-order chi connectivity index (χ1) is 6.99. The summed E-state index contributed by atoms with van der Waals surface area (Å²) in [6, 6.07) is 4.55. The van der Waals surface area contributed by atoms with Gasteiger partial charge in [-0.05, 0) is 23.3 Å². The van der Waals surface area contributed by atoms with E-state index in [1.54, 1.807) is 6.07 Å². The van der Waals surface area contributed by atoms with E-state index in [9.17, 15) is 9.18 Å². The van der Waals surface area contributed by atoms with Crippen molar-refractivity contribution in [3.8, 4) is 0 Å². The summed E-state index contributed by atoms with van der Waals surface area (Å²) in [5.41, 5.74) is 1.42. The number of rotatable bonds is 0. The molecule has 1 aliphatic heterocycles. The van der Waals surface area contributed by atoms with Gasteiger partial charge in [-0.2, -0.15) is 0 Å². The topological polar surface area (TPSA) is 26.3 Å². The predicted octanol–water partition coefficient (Wildman–Crippen LogP) is 2.20. The molecule has 0 N–H and O–H groups in total. The molecule has 1 aromatic rings. The Morgan fingerprint density at radius 2 is 2.13 bits per heavy atom. The average Bonchev–Trinajstić information content (AvgIpc) is 2.27. The Balaban J connectivity index is 2.56. The molecule has 0 bridgehead atoms. The second-order valence-electron chi connectivity index (χ2n) is 4.52. The van der Waals surface area contributed by atoms with E-state index < -0.39 is 0 Å². The molecule has 0 atom stereocenters. The van der Waals surface area contributed by atoms with Crippen LogP contribution in [0.1, 0.15) is 25.0 Å². The Hall–Kier alpha value is -1.38. The molecule has 1 aromatic carbocycles. The first kappa shape index (κ1) is 10.1. The van der Waals surface area contributed by atoms with E-state index in [-0.39, 0.29) is 23.6 Å². The number of benzene rings is 1. The van der Waals surface area contributed by atoms with Crippen LogP contribution in [0.4, 0.5) is 4.39 Å². The molecule has 1 heterocycles. The Kier molecular flexibility index (Phi) is 2.25. The van der Waals surface area contributed by atoms with Crippen LogP contribution in [0.2, 0.25) is 0 Å². The van der Waals surface area contributed by atoms with Gasteiger partial charge in [0, 0.05) is 5.41 Å². The second kappa shape index (κ2) is 3.33. The van der Waals surface area contributed by atoms with E-state index in [0.717, 1.165) is 11.1 Å². The lowest BCUT2D eigenvalue weighted by Crippen LogP contribution is -2.24. The number of halogens is 1. The minimum Gasteiger partial charge on any atom is -0.465 e. The zero-order chi connectivity index (χ0) is 11.1. The molecule has 0 unspecified atom stereocenters. The van der Waals surface area contributed by atoms with Crippen molar-refractivity contribution in [2.75, 3.05) is 6.61 Å². The van der Waals surface area contributed by atoms with Gasteiger partial charge in [0.15, 0.2) is 0 Å². The molecule has 0 fully saturated rings. The Labute approximate surface area is 88.1 Å². The Morgan fingerprint density at radius 3 is 2.87 bits per heavy atom. The SMILES string of the molecule is CC1(C)COC(=O)Cc2ccc(F)cc21. The number of fused-ring (bicyclic) bond motifs is 1. The largest absolute Gasteiger partial charge is 0.465 e. The van der Waals surface area contributed by atoms with E-state index >= 15 is 0 Å². The first-order valence-corrected chi connectivity index (χ1v) is 4.93. The Bertz CT molecular complexity index is 410. The van der Waals surface area contributed by atoms with E-state index in [0.29, 0.717) is 6.61 Å². The summed E-state index contributed by atoms with van der Waals surface area (Å²) in [7, 11) is 0. The normalized spacial score (nSPS) is 19.0. The lowest BCUT2D eigenvalue weighted by molar-refractivity contribution is -0.143. The van der Waals surface area contributed by atoms with Gasteiger partial charge in [-0.3, -0.25) is 4.79 Å². The molecule has 0 aromatic heterocycles. The van der Waals surface area contributed by atoms with E-state index in [1.165, 1.54) is 12.1 Å². The molecule has 15 heavy (non-hydrogen) atoms. The standard InChI is InChI=1S/C12H13FO2/c1-12(2)7-15-11(14)5-8-3-4-9(13)6-10(8)12/h3-4,6H,5,7H2,1-2H3. The molecule has 2 rings (SSSR count). The highest BCUT2D eigenvalue weighted by Crippen LogP contribution is 2.30. The van der Waals surface area contributed by atoms with Crippen LogP contribution < -0.4 is 0 Å². The van der Waals surface area contributed by atoms with Crippen molar-refractivity contribution >= 4 is 5.97 Å². The first-order valence-electron chi connectivity index (χ1n) is 4.93. The maximum Gasteiger partial charge on any atom is 0.310 e. The molecular formula is C12H13FO2. The molecule has 2 nitrogen and oxygen atoms in total. The zero-order valence-electron chi connectivity index (χ0n) is 8.84. The van der Waals surface area contributed by atoms with E-state index in [2.05, 4.69) is 0 Å². The minimum absolute atomic E-state index is 0.235. The Morgan fingerprint density at radius 1 is 1.40 bits per heavy atom. The third-order valence-electron chi connectivity index (χ3n) is 2.73. The molecule has 0 radical (unpaired) electrons. The van der Waals surface area contributed by atoms with Gasteiger partial charge in [-0.25, -0.2) is 4.39 Å². The maximum atomic E-state index is 13.1. The molecule has 0 saturated heterocycles. The molecule has 0 saturated carbocycles. The van der Waals surface area contributed by atoms with Gasteiger partial charge >= 0.3 is 5.97 Å². The van der Waals surface area contributed by atoms with Crippen LogP contribution in [-0.4, -0.2) is 12.6 Å².